The van der Waals surface area contributed by atoms with Crippen LogP contribution in [0.15, 0.2) is 36.9 Å². The number of hydrogen-bond acceptors (Lipinski definition) is 5. The highest BCUT2D eigenvalue weighted by Gasteiger charge is 2.30. The molecular formula is C20H29N3O2. The second-order valence-corrected chi connectivity index (χ2v) is 6.09. The lowest BCUT2D eigenvalue weighted by molar-refractivity contribution is -0.187. The molecule has 5 heteroatoms. The van der Waals surface area contributed by atoms with Gasteiger partial charge in [0.1, 0.15) is 18.4 Å². The SMILES string of the molecule is CCCCCCOC(CC)(CC)Oc1ccccc1-c1ncncn1. The smallest absolute Gasteiger partial charge is 0.210 e. The minimum atomic E-state index is -0.616. The second kappa shape index (κ2) is 10.1. The molecule has 0 radical (unpaired) electrons. The molecule has 25 heavy (non-hydrogen) atoms. The van der Waals surface area contributed by atoms with Gasteiger partial charge in [0.25, 0.3) is 0 Å². The molecule has 1 heterocycles. The topological polar surface area (TPSA) is 57.1 Å². The van der Waals surface area contributed by atoms with Crippen LogP contribution in [0.25, 0.3) is 11.4 Å². The molecule has 5 nitrogen and oxygen atoms in total. The molecule has 136 valence electrons. The van der Waals surface area contributed by atoms with Crippen LogP contribution in [0.3, 0.4) is 0 Å². The Morgan fingerprint density at radius 1 is 0.920 bits per heavy atom. The zero-order valence-electron chi connectivity index (χ0n) is 15.6. The molecule has 0 unspecified atom stereocenters. The number of benzene rings is 1. The molecule has 0 bridgehead atoms. The molecular weight excluding hydrogens is 314 g/mol. The second-order valence-electron chi connectivity index (χ2n) is 6.09. The molecule has 0 N–H and O–H groups in total. The van der Waals surface area contributed by atoms with Crippen LogP contribution in [0.1, 0.15) is 59.3 Å². The third-order valence-corrected chi connectivity index (χ3v) is 4.36. The Balaban J connectivity index is 2.14. The fourth-order valence-electron chi connectivity index (χ4n) is 2.73. The van der Waals surface area contributed by atoms with E-state index < -0.39 is 5.79 Å². The zero-order chi connectivity index (χ0) is 18.0. The van der Waals surface area contributed by atoms with Crippen LogP contribution in [0.2, 0.25) is 0 Å². The summed E-state index contributed by atoms with van der Waals surface area (Å²) in [7, 11) is 0. The van der Waals surface area contributed by atoms with Gasteiger partial charge in [-0.2, -0.15) is 0 Å². The Morgan fingerprint density at radius 2 is 1.64 bits per heavy atom. The van der Waals surface area contributed by atoms with Crippen molar-refractivity contribution in [2.24, 2.45) is 0 Å². The van der Waals surface area contributed by atoms with E-state index in [4.69, 9.17) is 9.47 Å². The summed E-state index contributed by atoms with van der Waals surface area (Å²) < 4.78 is 12.6. The van der Waals surface area contributed by atoms with Crippen molar-refractivity contribution in [1.82, 2.24) is 15.0 Å². The van der Waals surface area contributed by atoms with E-state index in [9.17, 15) is 0 Å². The Bertz CT molecular complexity index is 615. The highest BCUT2D eigenvalue weighted by atomic mass is 16.7. The Labute approximate surface area is 150 Å². The lowest BCUT2D eigenvalue weighted by Gasteiger charge is -2.33. The number of nitrogens with zero attached hydrogens (tertiary/aromatic N) is 3. The zero-order valence-corrected chi connectivity index (χ0v) is 15.6. The van der Waals surface area contributed by atoms with E-state index in [0.717, 1.165) is 37.2 Å². The van der Waals surface area contributed by atoms with Gasteiger partial charge < -0.3 is 9.47 Å². The maximum absolute atomic E-state index is 6.37. The Morgan fingerprint density at radius 3 is 2.32 bits per heavy atom. The molecule has 2 aromatic rings. The fourth-order valence-corrected chi connectivity index (χ4v) is 2.73. The van der Waals surface area contributed by atoms with E-state index in [-0.39, 0.29) is 0 Å². The van der Waals surface area contributed by atoms with Gasteiger partial charge in [0.15, 0.2) is 5.82 Å². The van der Waals surface area contributed by atoms with E-state index in [1.54, 1.807) is 0 Å². The first-order valence-electron chi connectivity index (χ1n) is 9.29. The van der Waals surface area contributed by atoms with Crippen molar-refractivity contribution < 1.29 is 9.47 Å². The molecule has 0 aliphatic heterocycles. The lowest BCUT2D eigenvalue weighted by atomic mass is 10.1. The van der Waals surface area contributed by atoms with Crippen LogP contribution in [-0.4, -0.2) is 27.3 Å². The number of hydrogen-bond donors (Lipinski definition) is 0. The molecule has 0 amide bonds. The van der Waals surface area contributed by atoms with E-state index in [2.05, 4.69) is 35.7 Å². The summed E-state index contributed by atoms with van der Waals surface area (Å²) in [6.07, 6.45) is 9.29. The maximum Gasteiger partial charge on any atom is 0.210 e. The van der Waals surface area contributed by atoms with Gasteiger partial charge in [0.05, 0.1) is 12.2 Å². The third-order valence-electron chi connectivity index (χ3n) is 4.36. The number of para-hydroxylation sites is 1. The van der Waals surface area contributed by atoms with Crippen molar-refractivity contribution in [1.29, 1.82) is 0 Å². The minimum absolute atomic E-state index is 0.606. The Kier molecular flexibility index (Phi) is 7.79. The molecule has 0 atom stereocenters. The Hall–Kier alpha value is -2.01. The normalized spacial score (nSPS) is 11.5. The van der Waals surface area contributed by atoms with Crippen molar-refractivity contribution in [3.8, 4) is 17.1 Å². The molecule has 0 spiro atoms. The van der Waals surface area contributed by atoms with Gasteiger partial charge in [-0.3, -0.25) is 0 Å². The van der Waals surface area contributed by atoms with E-state index in [1.807, 2.05) is 24.3 Å². The quantitative estimate of drug-likeness (QED) is 0.423. The van der Waals surface area contributed by atoms with E-state index >= 15 is 0 Å². The summed E-state index contributed by atoms with van der Waals surface area (Å²) in [4.78, 5) is 12.4. The summed E-state index contributed by atoms with van der Waals surface area (Å²) in [5.74, 6) is 0.732. The van der Waals surface area contributed by atoms with Crippen LogP contribution in [-0.2, 0) is 4.74 Å². The summed E-state index contributed by atoms with van der Waals surface area (Å²) >= 11 is 0. The molecule has 0 saturated carbocycles. The van der Waals surface area contributed by atoms with Gasteiger partial charge in [-0.05, 0) is 18.6 Å². The van der Waals surface area contributed by atoms with Crippen molar-refractivity contribution in [3.05, 3.63) is 36.9 Å². The number of aromatic nitrogens is 3. The predicted molar refractivity (Wildman–Crippen MR) is 99.3 cm³/mol. The van der Waals surface area contributed by atoms with Crippen LogP contribution < -0.4 is 4.74 Å². The molecule has 2 rings (SSSR count). The van der Waals surface area contributed by atoms with Gasteiger partial charge in [0.2, 0.25) is 5.79 Å². The van der Waals surface area contributed by atoms with Crippen LogP contribution in [0.5, 0.6) is 5.75 Å². The largest absolute Gasteiger partial charge is 0.462 e. The summed E-state index contributed by atoms with van der Waals surface area (Å²) in [6, 6.07) is 7.82. The average Bonchev–Trinajstić information content (AvgIpc) is 2.68. The number of rotatable bonds is 11. The lowest BCUT2D eigenvalue weighted by Crippen LogP contribution is -2.38. The van der Waals surface area contributed by atoms with Gasteiger partial charge in [0, 0.05) is 12.8 Å². The van der Waals surface area contributed by atoms with Gasteiger partial charge in [-0.25, -0.2) is 15.0 Å². The molecule has 0 aliphatic rings. The van der Waals surface area contributed by atoms with Gasteiger partial charge in [-0.1, -0.05) is 52.2 Å². The average molecular weight is 343 g/mol. The van der Waals surface area contributed by atoms with Crippen LogP contribution in [0, 0.1) is 0 Å². The standard InChI is InChI=1S/C20H29N3O2/c1-4-7-8-11-14-24-20(5-2,6-3)25-18-13-10-9-12-17(18)19-22-15-21-16-23-19/h9-10,12-13,15-16H,4-8,11,14H2,1-3H3. The monoisotopic (exact) mass is 343 g/mol. The first kappa shape index (κ1) is 19.3. The number of unbranched alkanes of at least 4 members (excludes halogenated alkanes) is 3. The fraction of sp³-hybridized carbons (Fsp3) is 0.550. The maximum atomic E-state index is 6.37. The predicted octanol–water partition coefficient (Wildman–Crippen LogP) is 5.03. The van der Waals surface area contributed by atoms with Crippen molar-refractivity contribution in [2.45, 2.75) is 65.1 Å². The summed E-state index contributed by atoms with van der Waals surface area (Å²) in [5.41, 5.74) is 0.853. The van der Waals surface area contributed by atoms with E-state index in [1.165, 1.54) is 31.9 Å². The number of ether oxygens (including phenoxy) is 2. The van der Waals surface area contributed by atoms with Crippen molar-refractivity contribution >= 4 is 0 Å². The highest BCUT2D eigenvalue weighted by Crippen LogP contribution is 2.33. The first-order chi connectivity index (χ1) is 12.2. The van der Waals surface area contributed by atoms with Crippen LogP contribution in [0.4, 0.5) is 0 Å². The molecule has 0 fully saturated rings. The molecule has 0 saturated heterocycles. The van der Waals surface area contributed by atoms with Crippen LogP contribution >= 0.6 is 0 Å². The van der Waals surface area contributed by atoms with Gasteiger partial charge in [-0.15, -0.1) is 0 Å². The first-order valence-corrected chi connectivity index (χ1v) is 9.29. The summed E-state index contributed by atoms with van der Waals surface area (Å²) in [6.45, 7) is 7.13. The minimum Gasteiger partial charge on any atom is -0.462 e. The molecule has 0 aliphatic carbocycles. The third kappa shape index (κ3) is 5.49. The van der Waals surface area contributed by atoms with Crippen molar-refractivity contribution in [2.75, 3.05) is 6.61 Å². The van der Waals surface area contributed by atoms with Crippen molar-refractivity contribution in [3.63, 3.8) is 0 Å². The van der Waals surface area contributed by atoms with E-state index in [0.29, 0.717) is 5.82 Å². The molecule has 1 aromatic heterocycles. The van der Waals surface area contributed by atoms with Gasteiger partial charge >= 0.3 is 0 Å². The summed E-state index contributed by atoms with van der Waals surface area (Å²) in [5, 5.41) is 0. The molecule has 1 aromatic carbocycles. The highest BCUT2D eigenvalue weighted by molar-refractivity contribution is 5.63.